The largest absolute Gasteiger partial charge is 0.478 e. The van der Waals surface area contributed by atoms with Crippen LogP contribution in [0.4, 0.5) is 0 Å². The lowest BCUT2D eigenvalue weighted by Gasteiger charge is -2.06. The standard InChI is InChI=1S/C16H13N3O3/c20-15(12-1-3-13(4-2-12)16(21)22)18-10-11-5-7-19-8-6-17-14(19)9-11/h1-9H,10H2,(H,18,20)(H,21,22). The predicted octanol–water partition coefficient (Wildman–Crippen LogP) is 1.96. The van der Waals surface area contributed by atoms with Crippen LogP contribution in [0.25, 0.3) is 5.65 Å². The highest BCUT2D eigenvalue weighted by molar-refractivity contribution is 5.95. The summed E-state index contributed by atoms with van der Waals surface area (Å²) in [7, 11) is 0. The Balaban J connectivity index is 1.67. The van der Waals surface area contributed by atoms with Crippen molar-refractivity contribution in [3.8, 4) is 0 Å². The fraction of sp³-hybridized carbons (Fsp3) is 0.0625. The third-order valence-corrected chi connectivity index (χ3v) is 3.31. The van der Waals surface area contributed by atoms with Crippen molar-refractivity contribution in [3.63, 3.8) is 0 Å². The first-order valence-electron chi connectivity index (χ1n) is 6.66. The number of nitrogens with zero attached hydrogens (tertiary/aromatic N) is 2. The summed E-state index contributed by atoms with van der Waals surface area (Å²) in [6.45, 7) is 0.378. The van der Waals surface area contributed by atoms with E-state index in [2.05, 4.69) is 10.3 Å². The molecule has 0 radical (unpaired) electrons. The Morgan fingerprint density at radius 1 is 1.09 bits per heavy atom. The maximum atomic E-state index is 12.0. The average Bonchev–Trinajstić information content (AvgIpc) is 3.00. The van der Waals surface area contributed by atoms with E-state index in [9.17, 15) is 9.59 Å². The number of hydrogen-bond acceptors (Lipinski definition) is 3. The molecule has 2 heterocycles. The number of fused-ring (bicyclic) bond motifs is 1. The zero-order valence-corrected chi connectivity index (χ0v) is 11.6. The van der Waals surface area contributed by atoms with Gasteiger partial charge in [0.25, 0.3) is 5.91 Å². The summed E-state index contributed by atoms with van der Waals surface area (Å²) in [4.78, 5) is 27.0. The zero-order chi connectivity index (χ0) is 15.5. The number of aromatic carboxylic acids is 1. The number of imidazole rings is 1. The Labute approximate surface area is 126 Å². The first kappa shape index (κ1) is 13.8. The molecule has 22 heavy (non-hydrogen) atoms. The van der Waals surface area contributed by atoms with Crippen molar-refractivity contribution in [3.05, 3.63) is 71.7 Å². The number of hydrogen-bond donors (Lipinski definition) is 2. The van der Waals surface area contributed by atoms with Gasteiger partial charge < -0.3 is 14.8 Å². The monoisotopic (exact) mass is 295 g/mol. The number of carboxylic acid groups (broad SMARTS) is 1. The third-order valence-electron chi connectivity index (χ3n) is 3.31. The molecule has 0 bridgehead atoms. The second kappa shape index (κ2) is 5.69. The lowest BCUT2D eigenvalue weighted by atomic mass is 10.1. The maximum Gasteiger partial charge on any atom is 0.335 e. The molecule has 110 valence electrons. The molecule has 0 saturated heterocycles. The minimum Gasteiger partial charge on any atom is -0.478 e. The van der Waals surface area contributed by atoms with Crippen LogP contribution in [-0.4, -0.2) is 26.4 Å². The molecule has 0 fully saturated rings. The van der Waals surface area contributed by atoms with Crippen LogP contribution in [0.15, 0.2) is 55.0 Å². The third kappa shape index (κ3) is 2.80. The van der Waals surface area contributed by atoms with Gasteiger partial charge in [0.2, 0.25) is 0 Å². The van der Waals surface area contributed by atoms with Crippen LogP contribution in [0.3, 0.4) is 0 Å². The van der Waals surface area contributed by atoms with Crippen molar-refractivity contribution in [1.29, 1.82) is 0 Å². The summed E-state index contributed by atoms with van der Waals surface area (Å²) in [6.07, 6.45) is 5.44. The molecule has 0 atom stereocenters. The number of carbonyl (C=O) groups excluding carboxylic acids is 1. The van der Waals surface area contributed by atoms with Gasteiger partial charge in [0, 0.05) is 30.7 Å². The van der Waals surface area contributed by atoms with E-state index in [-0.39, 0.29) is 11.5 Å². The van der Waals surface area contributed by atoms with Crippen LogP contribution in [0.1, 0.15) is 26.3 Å². The van der Waals surface area contributed by atoms with Gasteiger partial charge >= 0.3 is 5.97 Å². The molecule has 0 unspecified atom stereocenters. The van der Waals surface area contributed by atoms with Crippen LogP contribution in [0.2, 0.25) is 0 Å². The van der Waals surface area contributed by atoms with Gasteiger partial charge in [-0.3, -0.25) is 4.79 Å². The minimum atomic E-state index is -1.01. The maximum absolute atomic E-state index is 12.0. The molecule has 0 aliphatic carbocycles. The highest BCUT2D eigenvalue weighted by Gasteiger charge is 2.08. The van der Waals surface area contributed by atoms with Crippen LogP contribution in [-0.2, 0) is 6.54 Å². The van der Waals surface area contributed by atoms with Crippen molar-refractivity contribution >= 4 is 17.5 Å². The topological polar surface area (TPSA) is 83.7 Å². The molecule has 2 aromatic heterocycles. The molecule has 2 N–H and O–H groups in total. The minimum absolute atomic E-state index is 0.154. The number of aromatic nitrogens is 2. The molecule has 6 heteroatoms. The van der Waals surface area contributed by atoms with Gasteiger partial charge in [0.05, 0.1) is 5.56 Å². The summed E-state index contributed by atoms with van der Waals surface area (Å²) >= 11 is 0. The summed E-state index contributed by atoms with van der Waals surface area (Å²) < 4.78 is 1.88. The SMILES string of the molecule is O=C(O)c1ccc(C(=O)NCc2ccn3ccnc3c2)cc1. The summed E-state index contributed by atoms with van der Waals surface area (Å²) in [5.41, 5.74) is 2.33. The summed E-state index contributed by atoms with van der Waals surface area (Å²) in [5, 5.41) is 11.6. The Morgan fingerprint density at radius 3 is 2.55 bits per heavy atom. The van der Waals surface area contributed by atoms with Crippen LogP contribution < -0.4 is 5.32 Å². The molecule has 3 aromatic rings. The van der Waals surface area contributed by atoms with E-state index in [4.69, 9.17) is 5.11 Å². The number of carbonyl (C=O) groups is 2. The fourth-order valence-electron chi connectivity index (χ4n) is 2.11. The van der Waals surface area contributed by atoms with Gasteiger partial charge in [-0.15, -0.1) is 0 Å². The number of nitrogens with one attached hydrogen (secondary N) is 1. The number of carboxylic acids is 1. The van der Waals surface area contributed by atoms with Crippen LogP contribution in [0, 0.1) is 0 Å². The lowest BCUT2D eigenvalue weighted by molar-refractivity contribution is 0.0696. The van der Waals surface area contributed by atoms with Crippen LogP contribution in [0.5, 0.6) is 0 Å². The molecule has 0 aliphatic rings. The number of benzene rings is 1. The first-order chi connectivity index (χ1) is 10.6. The van der Waals surface area contributed by atoms with E-state index in [1.54, 1.807) is 6.20 Å². The van der Waals surface area contributed by atoms with Crippen molar-refractivity contribution < 1.29 is 14.7 Å². The van der Waals surface area contributed by atoms with Gasteiger partial charge in [0.15, 0.2) is 0 Å². The fourth-order valence-corrected chi connectivity index (χ4v) is 2.11. The van der Waals surface area contributed by atoms with Gasteiger partial charge in [0.1, 0.15) is 5.65 Å². The summed E-state index contributed by atoms with van der Waals surface area (Å²) in [6, 6.07) is 9.62. The number of amides is 1. The molecule has 0 aliphatic heterocycles. The zero-order valence-electron chi connectivity index (χ0n) is 11.6. The van der Waals surface area contributed by atoms with Crippen molar-refractivity contribution in [2.45, 2.75) is 6.54 Å². The van der Waals surface area contributed by atoms with E-state index in [1.165, 1.54) is 24.3 Å². The normalized spacial score (nSPS) is 10.5. The van der Waals surface area contributed by atoms with Crippen LogP contribution >= 0.6 is 0 Å². The smallest absolute Gasteiger partial charge is 0.335 e. The Kier molecular flexibility index (Phi) is 3.57. The molecule has 0 spiro atoms. The van der Waals surface area contributed by atoms with E-state index < -0.39 is 5.97 Å². The van der Waals surface area contributed by atoms with Gasteiger partial charge in [-0.1, -0.05) is 0 Å². The van der Waals surface area contributed by atoms with Crippen molar-refractivity contribution in [1.82, 2.24) is 14.7 Å². The number of rotatable bonds is 4. The number of pyridine rings is 1. The van der Waals surface area contributed by atoms with E-state index in [1.807, 2.05) is 28.9 Å². The second-order valence-electron chi connectivity index (χ2n) is 4.79. The first-order valence-corrected chi connectivity index (χ1v) is 6.66. The molecular weight excluding hydrogens is 282 g/mol. The molecule has 6 nitrogen and oxygen atoms in total. The van der Waals surface area contributed by atoms with E-state index in [0.29, 0.717) is 12.1 Å². The second-order valence-corrected chi connectivity index (χ2v) is 4.79. The van der Waals surface area contributed by atoms with E-state index >= 15 is 0 Å². The molecule has 3 rings (SSSR count). The Hall–Kier alpha value is -3.15. The molecular formula is C16H13N3O3. The quantitative estimate of drug-likeness (QED) is 0.770. The Bertz CT molecular complexity index is 837. The molecule has 1 amide bonds. The van der Waals surface area contributed by atoms with Gasteiger partial charge in [-0.25, -0.2) is 9.78 Å². The Morgan fingerprint density at radius 2 is 1.82 bits per heavy atom. The molecule has 1 aromatic carbocycles. The lowest BCUT2D eigenvalue weighted by Crippen LogP contribution is -2.22. The molecule has 0 saturated carbocycles. The predicted molar refractivity (Wildman–Crippen MR) is 79.8 cm³/mol. The van der Waals surface area contributed by atoms with E-state index in [0.717, 1.165) is 11.2 Å². The summed E-state index contributed by atoms with van der Waals surface area (Å²) in [5.74, 6) is -1.26. The average molecular weight is 295 g/mol. The van der Waals surface area contributed by atoms with Gasteiger partial charge in [-0.05, 0) is 42.0 Å². The van der Waals surface area contributed by atoms with Crippen molar-refractivity contribution in [2.24, 2.45) is 0 Å². The highest BCUT2D eigenvalue weighted by atomic mass is 16.4. The van der Waals surface area contributed by atoms with Gasteiger partial charge in [-0.2, -0.15) is 0 Å². The highest BCUT2D eigenvalue weighted by Crippen LogP contribution is 2.07. The van der Waals surface area contributed by atoms with Crippen molar-refractivity contribution in [2.75, 3.05) is 0 Å².